The number of nitrogens with zero attached hydrogens (tertiary/aromatic N) is 2. The van der Waals surface area contributed by atoms with Gasteiger partial charge in [-0.3, -0.25) is 9.53 Å². The van der Waals surface area contributed by atoms with Crippen LogP contribution >= 0.6 is 0 Å². The average Bonchev–Trinajstić information content (AvgIpc) is 3.23. The summed E-state index contributed by atoms with van der Waals surface area (Å²) in [6.45, 7) is 4.83. The minimum atomic E-state index is -0.902. The Morgan fingerprint density at radius 3 is 2.21 bits per heavy atom. The van der Waals surface area contributed by atoms with Gasteiger partial charge in [0.2, 0.25) is 0 Å². The zero-order chi connectivity index (χ0) is 27.1. The van der Waals surface area contributed by atoms with Gasteiger partial charge < -0.3 is 34.5 Å². The van der Waals surface area contributed by atoms with Crippen molar-refractivity contribution in [3.63, 3.8) is 0 Å². The van der Waals surface area contributed by atoms with Crippen LogP contribution in [0.4, 0.5) is 5.69 Å². The first-order chi connectivity index (χ1) is 18.4. The molecule has 200 valence electrons. The summed E-state index contributed by atoms with van der Waals surface area (Å²) in [5, 5.41) is 21.8. The van der Waals surface area contributed by atoms with Gasteiger partial charge in [0.05, 0.1) is 13.2 Å². The first-order valence-electron chi connectivity index (χ1n) is 12.2. The molecular formula is C28H30N3NaO7. The smallest absolute Gasteiger partial charge is 0.487 e. The number of benzene rings is 3. The zero-order valence-electron chi connectivity index (χ0n) is 22.3. The maximum absolute atomic E-state index is 11.6. The Kier molecular flexibility index (Phi) is 11.0. The van der Waals surface area contributed by atoms with Gasteiger partial charge in [0.15, 0.2) is 17.2 Å². The Morgan fingerprint density at radius 1 is 0.923 bits per heavy atom. The summed E-state index contributed by atoms with van der Waals surface area (Å²) in [4.78, 5) is 25.9. The van der Waals surface area contributed by atoms with E-state index in [-0.39, 0.29) is 62.5 Å². The third kappa shape index (κ3) is 7.65. The second-order valence-corrected chi connectivity index (χ2v) is 8.69. The first-order valence-corrected chi connectivity index (χ1v) is 12.2. The van der Waals surface area contributed by atoms with Crippen LogP contribution in [0.15, 0.2) is 68.7 Å². The first kappa shape index (κ1) is 30.3. The van der Waals surface area contributed by atoms with Crippen LogP contribution in [0.1, 0.15) is 22.3 Å². The van der Waals surface area contributed by atoms with E-state index in [4.69, 9.17) is 19.1 Å². The molecule has 0 aliphatic rings. The van der Waals surface area contributed by atoms with Gasteiger partial charge >= 0.3 is 35.3 Å². The number of aliphatic hydroxyl groups excluding tert-OH is 2. The van der Waals surface area contributed by atoms with E-state index >= 15 is 0 Å². The Bertz CT molecular complexity index is 1490. The Labute approximate surface area is 247 Å². The average molecular weight is 544 g/mol. The van der Waals surface area contributed by atoms with Crippen LogP contribution in [0.25, 0.3) is 11.1 Å². The SMILES string of the molecule is Cc1cc(OCCO)c(OCCO)cc1-c1cccc(CNc2ccc(Cn3oc(=O)[n-]c3=O)cc2)c1C.[Na+]. The van der Waals surface area contributed by atoms with Gasteiger partial charge in [0, 0.05) is 18.8 Å². The standard InChI is InChI=1S/C28H31N3O7.Na/c1-18-14-25(36-12-10-32)26(37-13-11-33)15-24(18)23-5-3-4-21(19(23)2)16-29-22-8-6-20(7-9-22)17-31-27(34)30-28(35)38-31;/h3-9,14-15,29,32-33H,10-13,16-17H2,1-2H3,(H,30,34,35);/q;+1/p-1. The molecule has 4 rings (SSSR count). The van der Waals surface area contributed by atoms with Crippen molar-refractivity contribution < 1.29 is 53.8 Å². The van der Waals surface area contributed by atoms with Crippen molar-refractivity contribution in [2.75, 3.05) is 31.7 Å². The normalized spacial score (nSPS) is 10.7. The van der Waals surface area contributed by atoms with Crippen molar-refractivity contribution in [2.45, 2.75) is 26.9 Å². The fourth-order valence-electron chi connectivity index (χ4n) is 4.13. The number of ether oxygens (including phenoxy) is 2. The molecule has 0 saturated heterocycles. The molecule has 39 heavy (non-hydrogen) atoms. The van der Waals surface area contributed by atoms with Crippen molar-refractivity contribution >= 4 is 5.69 Å². The zero-order valence-corrected chi connectivity index (χ0v) is 24.3. The van der Waals surface area contributed by atoms with Crippen molar-refractivity contribution in [1.82, 2.24) is 9.72 Å². The van der Waals surface area contributed by atoms with E-state index in [0.717, 1.165) is 43.8 Å². The third-order valence-corrected chi connectivity index (χ3v) is 6.08. The molecule has 0 aliphatic carbocycles. The van der Waals surface area contributed by atoms with E-state index in [9.17, 15) is 14.7 Å². The third-order valence-electron chi connectivity index (χ3n) is 6.08. The van der Waals surface area contributed by atoms with E-state index in [1.165, 1.54) is 0 Å². The minimum Gasteiger partial charge on any atom is -0.487 e. The Hall–Kier alpha value is -3.28. The van der Waals surface area contributed by atoms with Crippen molar-refractivity contribution in [3.05, 3.63) is 97.9 Å². The topological polar surface area (TPSA) is 137 Å². The molecule has 0 amide bonds. The summed E-state index contributed by atoms with van der Waals surface area (Å²) in [5.41, 5.74) is 6.24. The van der Waals surface area contributed by atoms with Crippen LogP contribution in [0, 0.1) is 13.8 Å². The quantitative estimate of drug-likeness (QED) is 0.201. The van der Waals surface area contributed by atoms with Gasteiger partial charge in [-0.1, -0.05) is 30.3 Å². The number of rotatable bonds is 12. The summed E-state index contributed by atoms with van der Waals surface area (Å²) in [7, 11) is 0. The fraction of sp³-hybridized carbons (Fsp3) is 0.286. The molecule has 0 saturated carbocycles. The fourth-order valence-corrected chi connectivity index (χ4v) is 4.13. The number of hydrogen-bond donors (Lipinski definition) is 3. The molecule has 1 heterocycles. The predicted molar refractivity (Wildman–Crippen MR) is 142 cm³/mol. The molecule has 4 aromatic rings. The largest absolute Gasteiger partial charge is 1.00 e. The van der Waals surface area contributed by atoms with Crippen LogP contribution in [-0.4, -0.2) is 41.4 Å². The number of aryl methyl sites for hydroxylation is 1. The van der Waals surface area contributed by atoms with Gasteiger partial charge in [-0.2, -0.15) is 0 Å². The van der Waals surface area contributed by atoms with Crippen molar-refractivity contribution in [1.29, 1.82) is 0 Å². The maximum atomic E-state index is 11.6. The number of nitrogens with one attached hydrogen (secondary N) is 1. The molecule has 11 heteroatoms. The minimum absolute atomic E-state index is 0. The molecule has 0 aliphatic heterocycles. The van der Waals surface area contributed by atoms with Gasteiger partial charge in [-0.05, 0) is 71.5 Å². The van der Waals surface area contributed by atoms with E-state index < -0.39 is 11.4 Å². The van der Waals surface area contributed by atoms with Crippen molar-refractivity contribution in [2.24, 2.45) is 0 Å². The Balaban J connectivity index is 0.00000420. The van der Waals surface area contributed by atoms with Gasteiger partial charge in [0.1, 0.15) is 13.2 Å². The Morgan fingerprint density at radius 2 is 1.59 bits per heavy atom. The van der Waals surface area contributed by atoms with E-state index in [0.29, 0.717) is 18.0 Å². The van der Waals surface area contributed by atoms with E-state index in [2.05, 4.69) is 29.4 Å². The summed E-state index contributed by atoms with van der Waals surface area (Å²) in [6.07, 6.45) is 0. The summed E-state index contributed by atoms with van der Waals surface area (Å²) in [5.74, 6) is 0.130. The van der Waals surface area contributed by atoms with Gasteiger partial charge in [0.25, 0.3) is 0 Å². The summed E-state index contributed by atoms with van der Waals surface area (Å²) in [6, 6.07) is 17.4. The van der Waals surface area contributed by atoms with Crippen LogP contribution in [0.3, 0.4) is 0 Å². The molecule has 0 bridgehead atoms. The molecule has 0 radical (unpaired) electrons. The summed E-state index contributed by atoms with van der Waals surface area (Å²) >= 11 is 0. The van der Waals surface area contributed by atoms with E-state index in [1.54, 1.807) is 0 Å². The van der Waals surface area contributed by atoms with Crippen LogP contribution in [0.2, 0.25) is 0 Å². The predicted octanol–water partition coefficient (Wildman–Crippen LogP) is -0.551. The van der Waals surface area contributed by atoms with Crippen molar-refractivity contribution in [3.8, 4) is 22.6 Å². The molecule has 3 aromatic carbocycles. The molecule has 3 N–H and O–H groups in total. The maximum Gasteiger partial charge on any atom is 1.00 e. The molecule has 0 spiro atoms. The second kappa shape index (κ2) is 14.2. The number of hydrogen-bond acceptors (Lipinski definition) is 8. The number of aromatic nitrogens is 2. The molecule has 0 fully saturated rings. The van der Waals surface area contributed by atoms with Crippen LogP contribution < -0.4 is 60.8 Å². The molecule has 0 atom stereocenters. The van der Waals surface area contributed by atoms with Gasteiger partial charge in [-0.15, -0.1) is 0 Å². The molecule has 0 unspecified atom stereocenters. The van der Waals surface area contributed by atoms with Crippen LogP contribution in [-0.2, 0) is 13.1 Å². The van der Waals surface area contributed by atoms with Crippen LogP contribution in [0.5, 0.6) is 11.5 Å². The van der Waals surface area contributed by atoms with Gasteiger partial charge in [-0.25, -0.2) is 4.79 Å². The number of anilines is 1. The van der Waals surface area contributed by atoms with E-state index in [1.807, 2.05) is 49.4 Å². The second-order valence-electron chi connectivity index (χ2n) is 8.69. The molecule has 1 aromatic heterocycles. The number of aliphatic hydroxyl groups is 2. The summed E-state index contributed by atoms with van der Waals surface area (Å²) < 4.78 is 17.0. The molecular weight excluding hydrogens is 513 g/mol. The molecule has 10 nitrogen and oxygen atoms in total. The monoisotopic (exact) mass is 543 g/mol.